The SMILES string of the molecule is CC(C)(C)OC=O.Cc1cc2cc(C#N)ccc2[nH]1. The van der Waals surface area contributed by atoms with E-state index in [1.54, 1.807) is 0 Å². The second-order valence-electron chi connectivity index (χ2n) is 5.19. The van der Waals surface area contributed by atoms with Gasteiger partial charge >= 0.3 is 0 Å². The first-order valence-electron chi connectivity index (χ1n) is 5.96. The molecule has 1 heterocycles. The van der Waals surface area contributed by atoms with Crippen molar-refractivity contribution in [1.29, 1.82) is 5.26 Å². The number of ether oxygens (including phenoxy) is 1. The average molecular weight is 258 g/mol. The third-order valence-electron chi connectivity index (χ3n) is 2.29. The van der Waals surface area contributed by atoms with Gasteiger partial charge in [-0.15, -0.1) is 0 Å². The van der Waals surface area contributed by atoms with Gasteiger partial charge in [0, 0.05) is 16.6 Å². The van der Waals surface area contributed by atoms with Crippen LogP contribution in [-0.2, 0) is 9.53 Å². The van der Waals surface area contributed by atoms with E-state index >= 15 is 0 Å². The molecule has 100 valence electrons. The molecule has 0 unspecified atom stereocenters. The molecule has 0 fully saturated rings. The molecule has 1 aromatic heterocycles. The van der Waals surface area contributed by atoms with E-state index in [0.717, 1.165) is 16.6 Å². The standard InChI is InChI=1S/C10H8N2.C5H10O2/c1-7-4-9-5-8(6-11)2-3-10(9)12-7;1-5(2,3)7-4-6/h2-5,12H,1H3;4H,1-3H3. The van der Waals surface area contributed by atoms with E-state index in [4.69, 9.17) is 5.26 Å². The minimum Gasteiger partial charge on any atom is -0.462 e. The first-order valence-corrected chi connectivity index (χ1v) is 5.96. The van der Waals surface area contributed by atoms with E-state index in [-0.39, 0.29) is 5.60 Å². The highest BCUT2D eigenvalue weighted by atomic mass is 16.5. The lowest BCUT2D eigenvalue weighted by Gasteiger charge is -2.14. The van der Waals surface area contributed by atoms with Crippen molar-refractivity contribution in [3.63, 3.8) is 0 Å². The van der Waals surface area contributed by atoms with Crippen molar-refractivity contribution in [3.05, 3.63) is 35.5 Å². The zero-order valence-corrected chi connectivity index (χ0v) is 11.7. The Morgan fingerprint density at radius 2 is 2.00 bits per heavy atom. The van der Waals surface area contributed by atoms with Crippen LogP contribution in [0.25, 0.3) is 10.9 Å². The van der Waals surface area contributed by atoms with E-state index < -0.39 is 0 Å². The predicted octanol–water partition coefficient (Wildman–Crippen LogP) is 3.31. The zero-order valence-electron chi connectivity index (χ0n) is 11.7. The van der Waals surface area contributed by atoms with Crippen LogP contribution in [0.1, 0.15) is 32.0 Å². The van der Waals surface area contributed by atoms with E-state index in [1.165, 1.54) is 0 Å². The van der Waals surface area contributed by atoms with Crippen LogP contribution in [0.15, 0.2) is 24.3 Å². The average Bonchev–Trinajstić information content (AvgIpc) is 2.67. The number of hydrogen-bond donors (Lipinski definition) is 1. The molecule has 0 atom stereocenters. The largest absolute Gasteiger partial charge is 0.462 e. The summed E-state index contributed by atoms with van der Waals surface area (Å²) in [7, 11) is 0. The summed E-state index contributed by atoms with van der Waals surface area (Å²) in [4.78, 5) is 12.8. The van der Waals surface area contributed by atoms with Gasteiger partial charge in [0.15, 0.2) is 0 Å². The summed E-state index contributed by atoms with van der Waals surface area (Å²) >= 11 is 0. The first-order chi connectivity index (χ1) is 8.85. The van der Waals surface area contributed by atoms with E-state index in [0.29, 0.717) is 12.0 Å². The molecular formula is C15H18N2O2. The van der Waals surface area contributed by atoms with Crippen molar-refractivity contribution in [2.75, 3.05) is 0 Å². The molecule has 4 nitrogen and oxygen atoms in total. The van der Waals surface area contributed by atoms with Gasteiger partial charge in [-0.25, -0.2) is 0 Å². The molecule has 0 aliphatic heterocycles. The third-order valence-corrected chi connectivity index (χ3v) is 2.29. The lowest BCUT2D eigenvalue weighted by atomic mass is 10.2. The molecule has 1 aromatic carbocycles. The van der Waals surface area contributed by atoms with Gasteiger partial charge in [-0.2, -0.15) is 5.26 Å². The fraction of sp³-hybridized carbons (Fsp3) is 0.333. The number of nitriles is 1. The number of benzene rings is 1. The molecule has 0 aliphatic carbocycles. The number of carbonyl (C=O) groups is 1. The maximum Gasteiger partial charge on any atom is 0.293 e. The number of H-pyrrole nitrogens is 1. The number of nitrogens with one attached hydrogen (secondary N) is 1. The van der Waals surface area contributed by atoms with Gasteiger partial charge in [0.25, 0.3) is 6.47 Å². The normalized spacial score (nSPS) is 10.3. The molecule has 0 aliphatic rings. The summed E-state index contributed by atoms with van der Waals surface area (Å²) in [6, 6.07) is 9.79. The van der Waals surface area contributed by atoms with Crippen LogP contribution in [0.2, 0.25) is 0 Å². The Labute approximate surface area is 113 Å². The van der Waals surface area contributed by atoms with Gasteiger partial charge in [0.1, 0.15) is 5.60 Å². The van der Waals surface area contributed by atoms with E-state index in [1.807, 2.05) is 52.0 Å². The van der Waals surface area contributed by atoms with Gasteiger partial charge in [0.05, 0.1) is 11.6 Å². The highest BCUT2D eigenvalue weighted by molar-refractivity contribution is 5.81. The molecule has 0 amide bonds. The predicted molar refractivity (Wildman–Crippen MR) is 74.7 cm³/mol. The fourth-order valence-electron chi connectivity index (χ4n) is 1.49. The molecule has 0 saturated heterocycles. The molecule has 19 heavy (non-hydrogen) atoms. The third kappa shape index (κ3) is 4.84. The Hall–Kier alpha value is -2.28. The Bertz CT molecular complexity index is 601. The topological polar surface area (TPSA) is 65.9 Å². The molecule has 2 aromatic rings. The van der Waals surface area contributed by atoms with Gasteiger partial charge < -0.3 is 9.72 Å². The molecule has 2 rings (SSSR count). The maximum atomic E-state index is 9.60. The monoisotopic (exact) mass is 258 g/mol. The van der Waals surface area contributed by atoms with Crippen LogP contribution >= 0.6 is 0 Å². The Balaban J connectivity index is 0.000000224. The van der Waals surface area contributed by atoms with Crippen LogP contribution in [0.4, 0.5) is 0 Å². The zero-order chi connectivity index (χ0) is 14.5. The summed E-state index contributed by atoms with van der Waals surface area (Å²) in [5.74, 6) is 0. The molecule has 0 spiro atoms. The number of aromatic nitrogens is 1. The molecule has 1 N–H and O–H groups in total. The van der Waals surface area contributed by atoms with Crippen LogP contribution in [0, 0.1) is 18.3 Å². The van der Waals surface area contributed by atoms with Crippen molar-refractivity contribution in [1.82, 2.24) is 4.98 Å². The Kier molecular flexibility index (Phi) is 4.71. The highest BCUT2D eigenvalue weighted by Crippen LogP contribution is 2.15. The smallest absolute Gasteiger partial charge is 0.293 e. The molecule has 0 bridgehead atoms. The summed E-state index contributed by atoms with van der Waals surface area (Å²) in [6.07, 6.45) is 0. The number of carbonyl (C=O) groups excluding carboxylic acids is 1. The summed E-state index contributed by atoms with van der Waals surface area (Å²) < 4.78 is 4.55. The minimum absolute atomic E-state index is 0.318. The van der Waals surface area contributed by atoms with Crippen molar-refractivity contribution in [2.45, 2.75) is 33.3 Å². The van der Waals surface area contributed by atoms with Crippen molar-refractivity contribution in [3.8, 4) is 6.07 Å². The van der Waals surface area contributed by atoms with Gasteiger partial charge in [-0.1, -0.05) is 0 Å². The number of fused-ring (bicyclic) bond motifs is 1. The molecule has 0 saturated carbocycles. The summed E-state index contributed by atoms with van der Waals surface area (Å²) in [5, 5.41) is 9.75. The van der Waals surface area contributed by atoms with E-state index in [2.05, 4.69) is 15.8 Å². The molecule has 4 heteroatoms. The van der Waals surface area contributed by atoms with Gasteiger partial charge in [-0.05, 0) is 52.0 Å². The maximum absolute atomic E-state index is 9.60. The summed E-state index contributed by atoms with van der Waals surface area (Å²) in [6.45, 7) is 7.93. The number of rotatable bonds is 1. The van der Waals surface area contributed by atoms with Crippen LogP contribution in [0.5, 0.6) is 0 Å². The minimum atomic E-state index is -0.318. The van der Waals surface area contributed by atoms with Crippen LogP contribution in [-0.4, -0.2) is 17.1 Å². The number of hydrogen-bond acceptors (Lipinski definition) is 3. The van der Waals surface area contributed by atoms with Crippen molar-refractivity contribution in [2.24, 2.45) is 0 Å². The molecular weight excluding hydrogens is 240 g/mol. The van der Waals surface area contributed by atoms with Crippen LogP contribution in [0.3, 0.4) is 0 Å². The van der Waals surface area contributed by atoms with Gasteiger partial charge in [-0.3, -0.25) is 4.79 Å². The number of aryl methyl sites for hydroxylation is 1. The highest BCUT2D eigenvalue weighted by Gasteiger charge is 2.07. The first kappa shape index (κ1) is 14.8. The fourth-order valence-corrected chi connectivity index (χ4v) is 1.49. The second-order valence-corrected chi connectivity index (χ2v) is 5.19. The Morgan fingerprint density at radius 3 is 2.47 bits per heavy atom. The molecule has 0 radical (unpaired) electrons. The quantitative estimate of drug-likeness (QED) is 0.798. The van der Waals surface area contributed by atoms with Crippen molar-refractivity contribution >= 4 is 17.4 Å². The van der Waals surface area contributed by atoms with Crippen molar-refractivity contribution < 1.29 is 9.53 Å². The van der Waals surface area contributed by atoms with Crippen LogP contribution < -0.4 is 0 Å². The number of aromatic amines is 1. The van der Waals surface area contributed by atoms with Gasteiger partial charge in [0.2, 0.25) is 0 Å². The Morgan fingerprint density at radius 1 is 1.32 bits per heavy atom. The lowest BCUT2D eigenvalue weighted by molar-refractivity contribution is -0.138. The second kappa shape index (κ2) is 6.05. The van der Waals surface area contributed by atoms with E-state index in [9.17, 15) is 4.79 Å². The number of nitrogens with zero attached hydrogens (tertiary/aromatic N) is 1. The summed E-state index contributed by atoms with van der Waals surface area (Å²) in [5.41, 5.74) is 2.61. The lowest BCUT2D eigenvalue weighted by Crippen LogP contribution is -2.17.